The zero-order valence-corrected chi connectivity index (χ0v) is 9.77. The molecule has 0 aromatic carbocycles. The molecular formula is C11H18N2O3. The molecule has 0 saturated heterocycles. The van der Waals surface area contributed by atoms with Gasteiger partial charge in [0.25, 0.3) is 0 Å². The van der Waals surface area contributed by atoms with Crippen LogP contribution in [0.5, 0.6) is 0 Å². The number of carbonyl (C=O) groups is 1. The van der Waals surface area contributed by atoms with Gasteiger partial charge in [0.1, 0.15) is 11.3 Å². The van der Waals surface area contributed by atoms with Gasteiger partial charge >= 0.3 is 5.97 Å². The van der Waals surface area contributed by atoms with E-state index in [1.807, 2.05) is 0 Å². The monoisotopic (exact) mass is 226 g/mol. The lowest BCUT2D eigenvalue weighted by Gasteiger charge is -2.01. The Balaban J connectivity index is 2.44. The summed E-state index contributed by atoms with van der Waals surface area (Å²) >= 11 is 0. The van der Waals surface area contributed by atoms with Crippen molar-refractivity contribution in [1.82, 2.24) is 9.78 Å². The van der Waals surface area contributed by atoms with E-state index in [-0.39, 0.29) is 12.2 Å². The van der Waals surface area contributed by atoms with Crippen molar-refractivity contribution in [2.24, 2.45) is 7.05 Å². The van der Waals surface area contributed by atoms with Crippen molar-refractivity contribution >= 4 is 5.97 Å². The minimum absolute atomic E-state index is 0.220. The van der Waals surface area contributed by atoms with E-state index < -0.39 is 5.97 Å². The summed E-state index contributed by atoms with van der Waals surface area (Å²) in [5, 5.41) is 13.0. The van der Waals surface area contributed by atoms with Crippen LogP contribution < -0.4 is 0 Å². The molecule has 0 atom stereocenters. The minimum atomic E-state index is -0.958. The number of hydrogen-bond acceptors (Lipinski definition) is 3. The van der Waals surface area contributed by atoms with Gasteiger partial charge in [0.2, 0.25) is 0 Å². The zero-order chi connectivity index (χ0) is 12.0. The fourth-order valence-corrected chi connectivity index (χ4v) is 1.44. The van der Waals surface area contributed by atoms with Crippen molar-refractivity contribution in [2.75, 3.05) is 6.61 Å². The van der Waals surface area contributed by atoms with E-state index in [4.69, 9.17) is 9.84 Å². The molecule has 0 bridgehead atoms. The van der Waals surface area contributed by atoms with Gasteiger partial charge in [0, 0.05) is 19.9 Å². The third-order valence-corrected chi connectivity index (χ3v) is 2.27. The molecule has 1 rings (SSSR count). The van der Waals surface area contributed by atoms with E-state index >= 15 is 0 Å². The van der Waals surface area contributed by atoms with Crippen LogP contribution in [-0.4, -0.2) is 27.5 Å². The van der Waals surface area contributed by atoms with E-state index in [2.05, 4.69) is 12.0 Å². The van der Waals surface area contributed by atoms with E-state index in [9.17, 15) is 4.79 Å². The molecule has 0 aliphatic carbocycles. The molecule has 0 aliphatic heterocycles. The standard InChI is InChI=1S/C11H18N2O3/c1-3-4-5-6-16-8-10-9(11(14)15)7-13(2)12-10/h7H,3-6,8H2,1-2H3,(H,14,15). The first-order valence-electron chi connectivity index (χ1n) is 5.48. The maximum absolute atomic E-state index is 10.9. The predicted octanol–water partition coefficient (Wildman–Crippen LogP) is 1.83. The van der Waals surface area contributed by atoms with Crippen LogP contribution in [0, 0.1) is 0 Å². The van der Waals surface area contributed by atoms with Crippen LogP contribution in [0.15, 0.2) is 6.20 Å². The SMILES string of the molecule is CCCCCOCc1nn(C)cc1C(=O)O. The smallest absolute Gasteiger partial charge is 0.339 e. The van der Waals surface area contributed by atoms with E-state index in [1.54, 1.807) is 7.05 Å². The number of aryl methyl sites for hydroxylation is 1. The van der Waals surface area contributed by atoms with Crippen LogP contribution in [0.1, 0.15) is 42.2 Å². The Morgan fingerprint density at radius 3 is 2.94 bits per heavy atom. The second-order valence-corrected chi connectivity index (χ2v) is 3.73. The van der Waals surface area contributed by atoms with Crippen molar-refractivity contribution in [3.05, 3.63) is 17.5 Å². The zero-order valence-electron chi connectivity index (χ0n) is 9.77. The molecule has 1 aromatic rings. The number of hydrogen-bond donors (Lipinski definition) is 1. The molecule has 0 spiro atoms. The van der Waals surface area contributed by atoms with Gasteiger partial charge in [0.15, 0.2) is 0 Å². The van der Waals surface area contributed by atoms with Gasteiger partial charge in [-0.2, -0.15) is 5.10 Å². The second-order valence-electron chi connectivity index (χ2n) is 3.73. The largest absolute Gasteiger partial charge is 0.478 e. The number of aromatic nitrogens is 2. The normalized spacial score (nSPS) is 10.6. The number of rotatable bonds is 7. The van der Waals surface area contributed by atoms with Gasteiger partial charge in [-0.25, -0.2) is 4.79 Å². The number of carboxylic acid groups (broad SMARTS) is 1. The van der Waals surface area contributed by atoms with Crippen LogP contribution >= 0.6 is 0 Å². The fourth-order valence-electron chi connectivity index (χ4n) is 1.44. The van der Waals surface area contributed by atoms with Gasteiger partial charge in [-0.15, -0.1) is 0 Å². The van der Waals surface area contributed by atoms with E-state index in [0.717, 1.165) is 19.3 Å². The maximum Gasteiger partial charge on any atom is 0.339 e. The molecule has 1 N–H and O–H groups in total. The average molecular weight is 226 g/mol. The van der Waals surface area contributed by atoms with E-state index in [1.165, 1.54) is 10.9 Å². The molecule has 90 valence electrons. The molecule has 0 amide bonds. The molecule has 0 radical (unpaired) electrons. The Bertz CT molecular complexity index is 347. The van der Waals surface area contributed by atoms with Gasteiger partial charge < -0.3 is 9.84 Å². The molecule has 0 aliphatic rings. The summed E-state index contributed by atoms with van der Waals surface area (Å²) in [4.78, 5) is 10.9. The van der Waals surface area contributed by atoms with Crippen LogP contribution in [-0.2, 0) is 18.4 Å². The van der Waals surface area contributed by atoms with Crippen LogP contribution in [0.25, 0.3) is 0 Å². The molecular weight excluding hydrogens is 208 g/mol. The second kappa shape index (κ2) is 6.27. The van der Waals surface area contributed by atoms with Gasteiger partial charge in [-0.05, 0) is 6.42 Å². The maximum atomic E-state index is 10.9. The molecule has 1 aromatic heterocycles. The highest BCUT2D eigenvalue weighted by molar-refractivity contribution is 5.88. The summed E-state index contributed by atoms with van der Waals surface area (Å²) in [6.45, 7) is 3.05. The minimum Gasteiger partial charge on any atom is -0.478 e. The highest BCUT2D eigenvalue weighted by Gasteiger charge is 2.13. The van der Waals surface area contributed by atoms with Crippen molar-refractivity contribution in [3.63, 3.8) is 0 Å². The van der Waals surface area contributed by atoms with Crippen molar-refractivity contribution in [3.8, 4) is 0 Å². The Labute approximate surface area is 95.0 Å². The van der Waals surface area contributed by atoms with Crippen LogP contribution in [0.2, 0.25) is 0 Å². The summed E-state index contributed by atoms with van der Waals surface area (Å²) in [6, 6.07) is 0. The number of ether oxygens (including phenoxy) is 1. The number of aromatic carboxylic acids is 1. The summed E-state index contributed by atoms with van der Waals surface area (Å²) < 4.78 is 6.88. The quantitative estimate of drug-likeness (QED) is 0.720. The van der Waals surface area contributed by atoms with Gasteiger partial charge in [-0.1, -0.05) is 19.8 Å². The molecule has 0 unspecified atom stereocenters. The molecule has 5 nitrogen and oxygen atoms in total. The van der Waals surface area contributed by atoms with Crippen LogP contribution in [0.3, 0.4) is 0 Å². The molecule has 0 saturated carbocycles. The summed E-state index contributed by atoms with van der Waals surface area (Å²) in [6.07, 6.45) is 4.78. The lowest BCUT2D eigenvalue weighted by molar-refractivity contribution is 0.0686. The van der Waals surface area contributed by atoms with Gasteiger partial charge in [-0.3, -0.25) is 4.68 Å². The van der Waals surface area contributed by atoms with Crippen LogP contribution in [0.4, 0.5) is 0 Å². The molecule has 0 fully saturated rings. The number of unbranched alkanes of at least 4 members (excludes halogenated alkanes) is 2. The third-order valence-electron chi connectivity index (χ3n) is 2.27. The Morgan fingerprint density at radius 1 is 1.56 bits per heavy atom. The molecule has 1 heterocycles. The first-order chi connectivity index (χ1) is 7.65. The number of carboxylic acids is 1. The first-order valence-corrected chi connectivity index (χ1v) is 5.48. The average Bonchev–Trinajstić information content (AvgIpc) is 2.59. The fraction of sp³-hybridized carbons (Fsp3) is 0.636. The Hall–Kier alpha value is -1.36. The predicted molar refractivity (Wildman–Crippen MR) is 59.3 cm³/mol. The highest BCUT2D eigenvalue weighted by Crippen LogP contribution is 2.08. The van der Waals surface area contributed by atoms with Crippen molar-refractivity contribution in [1.29, 1.82) is 0 Å². The van der Waals surface area contributed by atoms with Crippen molar-refractivity contribution < 1.29 is 14.6 Å². The highest BCUT2D eigenvalue weighted by atomic mass is 16.5. The Kier molecular flexibility index (Phi) is 4.98. The van der Waals surface area contributed by atoms with Crippen molar-refractivity contribution in [2.45, 2.75) is 32.8 Å². The summed E-state index contributed by atoms with van der Waals surface area (Å²) in [7, 11) is 1.70. The Morgan fingerprint density at radius 2 is 2.31 bits per heavy atom. The van der Waals surface area contributed by atoms with E-state index in [0.29, 0.717) is 12.3 Å². The summed E-state index contributed by atoms with van der Waals surface area (Å²) in [5.41, 5.74) is 0.712. The molecule has 5 heteroatoms. The summed E-state index contributed by atoms with van der Waals surface area (Å²) in [5.74, 6) is -0.958. The topological polar surface area (TPSA) is 64.4 Å². The van der Waals surface area contributed by atoms with Gasteiger partial charge in [0.05, 0.1) is 6.61 Å². The molecule has 16 heavy (non-hydrogen) atoms. The lowest BCUT2D eigenvalue weighted by atomic mass is 10.2. The number of nitrogens with zero attached hydrogens (tertiary/aromatic N) is 2. The lowest BCUT2D eigenvalue weighted by Crippen LogP contribution is -2.03. The third kappa shape index (κ3) is 3.66. The first kappa shape index (κ1) is 12.7.